The lowest BCUT2D eigenvalue weighted by molar-refractivity contribution is 0.0100. The molecule has 0 radical (unpaired) electrons. The Balaban J connectivity index is 1.60. The molecule has 2 aromatic carbocycles. The molecule has 7 heteroatoms. The summed E-state index contributed by atoms with van der Waals surface area (Å²) in [6.45, 7) is 3.59. The third kappa shape index (κ3) is 10.0. The lowest BCUT2D eigenvalue weighted by Crippen LogP contribution is -2.14. The molecule has 0 spiro atoms. The number of ether oxygens (including phenoxy) is 3. The molecular formula is C22H30F2NO3P. The van der Waals surface area contributed by atoms with Crippen LogP contribution in [0, 0.1) is 6.92 Å². The summed E-state index contributed by atoms with van der Waals surface area (Å²) < 4.78 is 41.3. The molecule has 0 aliphatic heterocycles. The van der Waals surface area contributed by atoms with Gasteiger partial charge in [-0.1, -0.05) is 27.4 Å². The van der Waals surface area contributed by atoms with Gasteiger partial charge in [-0.2, -0.15) is 0 Å². The molecule has 2 N–H and O–H groups in total. The van der Waals surface area contributed by atoms with Crippen LogP contribution < -0.4 is 10.5 Å². The number of alkyl halides is 2. The average Bonchev–Trinajstić information content (AvgIpc) is 2.66. The van der Waals surface area contributed by atoms with Gasteiger partial charge in [0.15, 0.2) is 0 Å². The van der Waals surface area contributed by atoms with Crippen LogP contribution in [0.3, 0.4) is 0 Å². The van der Waals surface area contributed by atoms with E-state index >= 15 is 0 Å². The van der Waals surface area contributed by atoms with Crippen LogP contribution in [-0.2, 0) is 22.3 Å². The van der Waals surface area contributed by atoms with Crippen LogP contribution in [0.2, 0.25) is 0 Å². The Morgan fingerprint density at radius 3 is 2.21 bits per heavy atom. The van der Waals surface area contributed by atoms with Gasteiger partial charge >= 0.3 is 0 Å². The van der Waals surface area contributed by atoms with Crippen LogP contribution >= 0.6 is 9.24 Å². The van der Waals surface area contributed by atoms with E-state index in [1.54, 1.807) is 0 Å². The third-order valence-electron chi connectivity index (χ3n) is 4.42. The molecule has 2 aromatic rings. The SMILES string of the molecule is Cc1cc(OCCOCCOCCC(F)(F)P)ccc1CCc1ccc(N)cc1. The number of aryl methyl sites for hydroxylation is 3. The van der Waals surface area contributed by atoms with E-state index in [2.05, 4.69) is 25.1 Å². The summed E-state index contributed by atoms with van der Waals surface area (Å²) in [5.74, 6) is 0.807. The molecule has 0 saturated heterocycles. The maximum absolute atomic E-state index is 12.6. The molecule has 1 unspecified atom stereocenters. The van der Waals surface area contributed by atoms with Gasteiger partial charge in [0.25, 0.3) is 5.66 Å². The first kappa shape index (κ1) is 23.5. The largest absolute Gasteiger partial charge is 0.491 e. The maximum atomic E-state index is 12.6. The molecule has 0 heterocycles. The predicted octanol–water partition coefficient (Wildman–Crippen LogP) is 4.63. The minimum Gasteiger partial charge on any atom is -0.491 e. The van der Waals surface area contributed by atoms with Gasteiger partial charge in [0.05, 0.1) is 26.4 Å². The minimum absolute atomic E-state index is 0.0142. The molecule has 0 fully saturated rings. The summed E-state index contributed by atoms with van der Waals surface area (Å²) in [6.07, 6.45) is 1.61. The average molecular weight is 425 g/mol. The summed E-state index contributed by atoms with van der Waals surface area (Å²) in [5.41, 5.74) is 7.48. The van der Waals surface area contributed by atoms with Crippen molar-refractivity contribution in [1.82, 2.24) is 0 Å². The number of nitrogen functional groups attached to an aromatic ring is 1. The zero-order valence-electron chi connectivity index (χ0n) is 16.8. The Morgan fingerprint density at radius 2 is 1.55 bits per heavy atom. The second-order valence-electron chi connectivity index (χ2n) is 6.91. The fourth-order valence-electron chi connectivity index (χ4n) is 2.75. The van der Waals surface area contributed by atoms with Crippen molar-refractivity contribution in [2.75, 3.05) is 38.8 Å². The molecule has 2 rings (SSSR count). The topological polar surface area (TPSA) is 53.7 Å². The zero-order valence-corrected chi connectivity index (χ0v) is 18.0. The molecule has 0 amide bonds. The fraction of sp³-hybridized carbons (Fsp3) is 0.455. The lowest BCUT2D eigenvalue weighted by atomic mass is 10.0. The van der Waals surface area contributed by atoms with Crippen molar-refractivity contribution in [2.45, 2.75) is 31.8 Å². The molecular weight excluding hydrogens is 395 g/mol. The highest BCUT2D eigenvalue weighted by molar-refractivity contribution is 7.18. The molecule has 0 aromatic heterocycles. The minimum atomic E-state index is -2.77. The zero-order chi connectivity index (χ0) is 21.1. The number of hydrogen-bond acceptors (Lipinski definition) is 4. The van der Waals surface area contributed by atoms with E-state index in [4.69, 9.17) is 19.9 Å². The molecule has 1 atom stereocenters. The van der Waals surface area contributed by atoms with Crippen molar-refractivity contribution >= 4 is 14.9 Å². The van der Waals surface area contributed by atoms with Crippen molar-refractivity contribution in [2.24, 2.45) is 0 Å². The second-order valence-corrected chi connectivity index (χ2v) is 7.76. The molecule has 4 nitrogen and oxygen atoms in total. The number of anilines is 1. The number of rotatable bonds is 13. The highest BCUT2D eigenvalue weighted by Gasteiger charge is 2.20. The van der Waals surface area contributed by atoms with Gasteiger partial charge in [0.2, 0.25) is 0 Å². The van der Waals surface area contributed by atoms with E-state index in [1.165, 1.54) is 25.9 Å². The van der Waals surface area contributed by atoms with E-state index in [0.29, 0.717) is 26.4 Å². The second kappa shape index (κ2) is 12.1. The highest BCUT2D eigenvalue weighted by atomic mass is 31.0. The normalized spacial score (nSPS) is 11.6. The molecule has 160 valence electrons. The molecule has 0 aliphatic carbocycles. The first-order valence-electron chi connectivity index (χ1n) is 9.72. The van der Waals surface area contributed by atoms with Gasteiger partial charge in [0.1, 0.15) is 12.4 Å². The smallest absolute Gasteiger partial charge is 0.261 e. The quantitative estimate of drug-likeness (QED) is 0.289. The van der Waals surface area contributed by atoms with Gasteiger partial charge in [-0.25, -0.2) is 8.78 Å². The predicted molar refractivity (Wildman–Crippen MR) is 116 cm³/mol. The Hall–Kier alpha value is -1.75. The van der Waals surface area contributed by atoms with Crippen LogP contribution in [0.4, 0.5) is 14.5 Å². The molecule has 0 bridgehead atoms. The summed E-state index contributed by atoms with van der Waals surface area (Å²) in [7, 11) is 1.50. The first-order chi connectivity index (χ1) is 13.8. The maximum Gasteiger partial charge on any atom is 0.261 e. The monoisotopic (exact) mass is 425 g/mol. The van der Waals surface area contributed by atoms with E-state index in [-0.39, 0.29) is 13.0 Å². The van der Waals surface area contributed by atoms with Crippen molar-refractivity contribution in [3.8, 4) is 5.75 Å². The van der Waals surface area contributed by atoms with Crippen LogP contribution in [0.25, 0.3) is 0 Å². The van der Waals surface area contributed by atoms with Gasteiger partial charge in [-0.15, -0.1) is 0 Å². The van der Waals surface area contributed by atoms with Crippen LogP contribution in [-0.4, -0.2) is 38.7 Å². The molecule has 29 heavy (non-hydrogen) atoms. The van der Waals surface area contributed by atoms with Crippen LogP contribution in [0.15, 0.2) is 42.5 Å². The van der Waals surface area contributed by atoms with Crippen molar-refractivity contribution in [1.29, 1.82) is 0 Å². The Morgan fingerprint density at radius 1 is 0.897 bits per heavy atom. The number of nitrogens with two attached hydrogens (primary N) is 1. The first-order valence-corrected chi connectivity index (χ1v) is 10.3. The third-order valence-corrected chi connectivity index (χ3v) is 4.71. The summed E-state index contributed by atoms with van der Waals surface area (Å²) >= 11 is 0. The number of benzene rings is 2. The number of halogens is 2. The van der Waals surface area contributed by atoms with E-state index in [9.17, 15) is 8.78 Å². The Labute approximate surface area is 173 Å². The molecule has 0 saturated carbocycles. The Kier molecular flexibility index (Phi) is 9.79. The lowest BCUT2D eigenvalue weighted by Gasteiger charge is -2.12. The van der Waals surface area contributed by atoms with E-state index in [1.807, 2.05) is 24.3 Å². The summed E-state index contributed by atoms with van der Waals surface area (Å²) in [4.78, 5) is 0. The van der Waals surface area contributed by atoms with Gasteiger partial charge in [-0.3, -0.25) is 0 Å². The van der Waals surface area contributed by atoms with Crippen molar-refractivity contribution < 1.29 is 23.0 Å². The standard InChI is InChI=1S/C22H30F2NO3P/c1-17-16-21(28-15-14-27-13-12-26-11-10-22(23,24)29)9-6-19(17)5-2-18-3-7-20(25)8-4-18/h3-4,6-9,16H,2,5,10-15,25,29H2,1H3. The van der Waals surface area contributed by atoms with E-state index < -0.39 is 5.66 Å². The van der Waals surface area contributed by atoms with Gasteiger partial charge in [-0.05, 0) is 60.7 Å². The van der Waals surface area contributed by atoms with Crippen molar-refractivity contribution in [3.63, 3.8) is 0 Å². The van der Waals surface area contributed by atoms with Crippen LogP contribution in [0.1, 0.15) is 23.1 Å². The van der Waals surface area contributed by atoms with Gasteiger partial charge in [0, 0.05) is 12.1 Å². The van der Waals surface area contributed by atoms with Gasteiger partial charge < -0.3 is 19.9 Å². The van der Waals surface area contributed by atoms with Crippen LogP contribution in [0.5, 0.6) is 5.75 Å². The van der Waals surface area contributed by atoms with E-state index in [0.717, 1.165) is 24.3 Å². The summed E-state index contributed by atoms with van der Waals surface area (Å²) in [5, 5.41) is 0. The summed E-state index contributed by atoms with van der Waals surface area (Å²) in [6, 6.07) is 14.1. The van der Waals surface area contributed by atoms with Crippen molar-refractivity contribution in [3.05, 3.63) is 59.2 Å². The Bertz CT molecular complexity index is 736. The number of hydrogen-bond donors (Lipinski definition) is 1. The fourth-order valence-corrected chi connectivity index (χ4v) is 2.87. The highest BCUT2D eigenvalue weighted by Crippen LogP contribution is 2.25. The molecule has 0 aliphatic rings.